The first kappa shape index (κ1) is 12.2. The van der Waals surface area contributed by atoms with E-state index in [1.807, 2.05) is 26.0 Å². The molecule has 1 amide bonds. The molecule has 0 fully saturated rings. The highest BCUT2D eigenvalue weighted by molar-refractivity contribution is 6.06. The molecule has 0 saturated heterocycles. The van der Waals surface area contributed by atoms with E-state index in [1.54, 1.807) is 6.08 Å². The Kier molecular flexibility index (Phi) is 2.59. The zero-order valence-electron chi connectivity index (χ0n) is 11.2. The number of fused-ring (bicyclic) bond motifs is 1. The molecule has 0 saturated carbocycles. The summed E-state index contributed by atoms with van der Waals surface area (Å²) >= 11 is 0. The molecule has 0 unspecified atom stereocenters. The molecule has 19 heavy (non-hydrogen) atoms. The number of carbonyl (C=O) groups excluding carboxylic acids is 2. The van der Waals surface area contributed by atoms with Crippen molar-refractivity contribution in [2.75, 3.05) is 5.32 Å². The van der Waals surface area contributed by atoms with Crippen LogP contribution >= 0.6 is 0 Å². The van der Waals surface area contributed by atoms with Gasteiger partial charge in [0.15, 0.2) is 5.78 Å². The van der Waals surface area contributed by atoms with Crippen LogP contribution in [0.5, 0.6) is 0 Å². The molecule has 1 aliphatic carbocycles. The Balaban J connectivity index is 2.06. The van der Waals surface area contributed by atoms with E-state index in [9.17, 15) is 9.59 Å². The van der Waals surface area contributed by atoms with Crippen LogP contribution < -0.4 is 5.32 Å². The Bertz CT molecular complexity index is 611. The lowest BCUT2D eigenvalue weighted by atomic mass is 9.83. The third kappa shape index (κ3) is 1.89. The van der Waals surface area contributed by atoms with Gasteiger partial charge in [0.25, 0.3) is 0 Å². The number of allylic oxidation sites excluding steroid dienone is 2. The van der Waals surface area contributed by atoms with Gasteiger partial charge in [-0.3, -0.25) is 9.59 Å². The molecule has 0 atom stereocenters. The number of carbonyl (C=O) groups is 2. The fourth-order valence-electron chi connectivity index (χ4n) is 2.79. The van der Waals surface area contributed by atoms with E-state index in [-0.39, 0.29) is 11.7 Å². The van der Waals surface area contributed by atoms with Crippen LogP contribution in [0.2, 0.25) is 0 Å². The van der Waals surface area contributed by atoms with Crippen molar-refractivity contribution in [3.63, 3.8) is 0 Å². The number of anilines is 1. The maximum atomic E-state index is 11.9. The minimum Gasteiger partial charge on any atom is -0.325 e. The van der Waals surface area contributed by atoms with E-state index in [4.69, 9.17) is 0 Å². The number of nitrogens with one attached hydrogen (secondary N) is 1. The fourth-order valence-corrected chi connectivity index (χ4v) is 2.79. The van der Waals surface area contributed by atoms with Gasteiger partial charge in [-0.2, -0.15) is 0 Å². The maximum Gasteiger partial charge on any atom is 0.234 e. The van der Waals surface area contributed by atoms with Gasteiger partial charge in [-0.05, 0) is 61.6 Å². The van der Waals surface area contributed by atoms with Crippen LogP contribution in [0, 0.1) is 0 Å². The second kappa shape index (κ2) is 4.05. The van der Waals surface area contributed by atoms with E-state index in [1.165, 1.54) is 0 Å². The highest BCUT2D eigenvalue weighted by Crippen LogP contribution is 2.39. The molecular formula is C16H17NO2. The Labute approximate surface area is 112 Å². The molecule has 3 heteroatoms. The van der Waals surface area contributed by atoms with Crippen molar-refractivity contribution >= 4 is 23.0 Å². The minimum absolute atomic E-state index is 0.0355. The van der Waals surface area contributed by atoms with Gasteiger partial charge in [-0.1, -0.05) is 6.07 Å². The molecule has 1 heterocycles. The third-order valence-electron chi connectivity index (χ3n) is 4.08. The Morgan fingerprint density at radius 1 is 1.16 bits per heavy atom. The first-order valence-electron chi connectivity index (χ1n) is 6.68. The van der Waals surface area contributed by atoms with Gasteiger partial charge in [0.2, 0.25) is 5.91 Å². The Morgan fingerprint density at radius 3 is 2.68 bits per heavy atom. The molecule has 3 rings (SSSR count). The van der Waals surface area contributed by atoms with Crippen LogP contribution in [-0.2, 0) is 15.0 Å². The van der Waals surface area contributed by atoms with E-state index in [0.717, 1.165) is 35.2 Å². The quantitative estimate of drug-likeness (QED) is 0.838. The molecule has 0 bridgehead atoms. The topological polar surface area (TPSA) is 46.2 Å². The molecule has 1 aromatic rings. The molecule has 1 aliphatic heterocycles. The summed E-state index contributed by atoms with van der Waals surface area (Å²) in [4.78, 5) is 23.4. The van der Waals surface area contributed by atoms with Crippen LogP contribution in [0.4, 0.5) is 5.69 Å². The number of benzene rings is 1. The maximum absolute atomic E-state index is 11.9. The number of hydrogen-bond acceptors (Lipinski definition) is 2. The number of ketones is 1. The summed E-state index contributed by atoms with van der Waals surface area (Å²) in [6, 6.07) is 5.99. The van der Waals surface area contributed by atoms with Gasteiger partial charge < -0.3 is 5.32 Å². The zero-order chi connectivity index (χ0) is 13.6. The van der Waals surface area contributed by atoms with Crippen molar-refractivity contribution in [3.05, 3.63) is 35.4 Å². The first-order chi connectivity index (χ1) is 8.98. The van der Waals surface area contributed by atoms with Gasteiger partial charge in [0.1, 0.15) is 0 Å². The molecule has 3 nitrogen and oxygen atoms in total. The fraction of sp³-hybridized carbons (Fsp3) is 0.375. The molecule has 0 radical (unpaired) electrons. The van der Waals surface area contributed by atoms with Crippen molar-refractivity contribution in [1.82, 2.24) is 0 Å². The van der Waals surface area contributed by atoms with Gasteiger partial charge >= 0.3 is 0 Å². The monoisotopic (exact) mass is 255 g/mol. The molecule has 98 valence electrons. The van der Waals surface area contributed by atoms with E-state index in [0.29, 0.717) is 6.42 Å². The molecule has 1 N–H and O–H groups in total. The lowest BCUT2D eigenvalue weighted by Gasteiger charge is -2.17. The largest absolute Gasteiger partial charge is 0.325 e. The van der Waals surface area contributed by atoms with Crippen molar-refractivity contribution in [2.45, 2.75) is 38.5 Å². The van der Waals surface area contributed by atoms with Crippen LogP contribution in [0.25, 0.3) is 5.57 Å². The second-order valence-corrected chi connectivity index (χ2v) is 5.83. The number of amides is 1. The standard InChI is InChI=1S/C16H17NO2/c1-16(2)13-9-11(6-7-14(13)17-15(16)19)10-4-3-5-12(18)8-10/h6-9H,3-5H2,1-2H3,(H,17,19). The highest BCUT2D eigenvalue weighted by atomic mass is 16.2. The zero-order valence-corrected chi connectivity index (χ0v) is 11.2. The summed E-state index contributed by atoms with van der Waals surface area (Å²) in [6.07, 6.45) is 4.26. The number of rotatable bonds is 1. The smallest absolute Gasteiger partial charge is 0.234 e. The molecule has 0 spiro atoms. The average molecular weight is 255 g/mol. The summed E-state index contributed by atoms with van der Waals surface area (Å²) < 4.78 is 0. The molecule has 1 aromatic carbocycles. The van der Waals surface area contributed by atoms with Crippen molar-refractivity contribution in [1.29, 1.82) is 0 Å². The summed E-state index contributed by atoms with van der Waals surface area (Å²) in [6.45, 7) is 3.86. The van der Waals surface area contributed by atoms with Gasteiger partial charge in [-0.15, -0.1) is 0 Å². The molecule has 2 aliphatic rings. The molecule has 0 aromatic heterocycles. The van der Waals surface area contributed by atoms with Gasteiger partial charge in [-0.25, -0.2) is 0 Å². The van der Waals surface area contributed by atoms with Crippen LogP contribution in [0.1, 0.15) is 44.2 Å². The van der Waals surface area contributed by atoms with Crippen LogP contribution in [0.3, 0.4) is 0 Å². The average Bonchev–Trinajstić information content (AvgIpc) is 2.60. The highest BCUT2D eigenvalue weighted by Gasteiger charge is 2.38. The minimum atomic E-state index is -0.495. The Morgan fingerprint density at radius 2 is 1.95 bits per heavy atom. The predicted molar refractivity (Wildman–Crippen MR) is 74.9 cm³/mol. The summed E-state index contributed by atoms with van der Waals surface area (Å²) in [5.41, 5.74) is 3.57. The second-order valence-electron chi connectivity index (χ2n) is 5.83. The summed E-state index contributed by atoms with van der Waals surface area (Å²) in [7, 11) is 0. The van der Waals surface area contributed by atoms with Gasteiger partial charge in [0, 0.05) is 12.1 Å². The summed E-state index contributed by atoms with van der Waals surface area (Å²) in [5, 5.41) is 2.90. The van der Waals surface area contributed by atoms with E-state index < -0.39 is 5.41 Å². The van der Waals surface area contributed by atoms with Crippen LogP contribution in [-0.4, -0.2) is 11.7 Å². The number of hydrogen-bond donors (Lipinski definition) is 1. The predicted octanol–water partition coefficient (Wildman–Crippen LogP) is 3.05. The van der Waals surface area contributed by atoms with E-state index >= 15 is 0 Å². The lowest BCUT2D eigenvalue weighted by Crippen LogP contribution is -2.26. The van der Waals surface area contributed by atoms with Crippen LogP contribution in [0.15, 0.2) is 24.3 Å². The SMILES string of the molecule is CC1(C)C(=O)Nc2ccc(C3=CC(=O)CCC3)cc21. The summed E-state index contributed by atoms with van der Waals surface area (Å²) in [5.74, 6) is 0.239. The third-order valence-corrected chi connectivity index (χ3v) is 4.08. The normalized spacial score (nSPS) is 20.8. The van der Waals surface area contributed by atoms with Crippen molar-refractivity contribution < 1.29 is 9.59 Å². The first-order valence-corrected chi connectivity index (χ1v) is 6.68. The molecular weight excluding hydrogens is 238 g/mol. The Hall–Kier alpha value is -1.90. The van der Waals surface area contributed by atoms with Crippen molar-refractivity contribution in [3.8, 4) is 0 Å². The van der Waals surface area contributed by atoms with Crippen molar-refractivity contribution in [2.24, 2.45) is 0 Å². The lowest BCUT2D eigenvalue weighted by molar-refractivity contribution is -0.119. The van der Waals surface area contributed by atoms with E-state index in [2.05, 4.69) is 11.4 Å². The van der Waals surface area contributed by atoms with Gasteiger partial charge in [0.05, 0.1) is 5.41 Å².